The third kappa shape index (κ3) is 4.29. The van der Waals surface area contributed by atoms with Crippen molar-refractivity contribution in [2.24, 2.45) is 0 Å². The van der Waals surface area contributed by atoms with E-state index in [1.165, 1.54) is 17.7 Å². The van der Waals surface area contributed by atoms with Gasteiger partial charge in [0.2, 0.25) is 0 Å². The molecule has 1 heteroatoms. The molecule has 4 rings (SSSR count). The van der Waals surface area contributed by atoms with E-state index in [0.717, 1.165) is 33.0 Å². The molecule has 0 N–H and O–H groups in total. The second kappa shape index (κ2) is 7.83. The van der Waals surface area contributed by atoms with Crippen molar-refractivity contribution >= 4 is 10.8 Å². The highest BCUT2D eigenvalue weighted by molar-refractivity contribution is 5.84. The Morgan fingerprint density at radius 3 is 1.54 bits per heavy atom. The van der Waals surface area contributed by atoms with Gasteiger partial charge in [-0.05, 0) is 78.4 Å². The Balaban J connectivity index is 1.51. The predicted octanol–water partition coefficient (Wildman–Crippen LogP) is 6.09. The van der Waals surface area contributed by atoms with Crippen LogP contribution >= 0.6 is 0 Å². The topological polar surface area (TPSA) is 0 Å². The molecule has 0 aromatic heterocycles. The lowest BCUT2D eigenvalue weighted by Crippen LogP contribution is -1.81. The maximum Gasteiger partial charge on any atom is 0.123 e. The monoisotopic (exact) mass is 360 g/mol. The summed E-state index contributed by atoms with van der Waals surface area (Å²) in [5.74, 6) is 12.5. The molecule has 0 spiro atoms. The molecule has 0 atom stereocenters. The molecular weight excluding hydrogens is 343 g/mol. The maximum absolute atomic E-state index is 13.3. The molecule has 0 fully saturated rings. The first-order valence-corrected chi connectivity index (χ1v) is 9.06. The molecule has 4 aromatic carbocycles. The minimum absolute atomic E-state index is 0.225. The Bertz CT molecular complexity index is 1260. The fourth-order valence-corrected chi connectivity index (χ4v) is 2.86. The van der Waals surface area contributed by atoms with Gasteiger partial charge in [-0.2, -0.15) is 0 Å². The summed E-state index contributed by atoms with van der Waals surface area (Å²) in [6.45, 7) is 2.06. The van der Waals surface area contributed by atoms with Crippen LogP contribution in [-0.2, 0) is 0 Å². The average molecular weight is 360 g/mol. The van der Waals surface area contributed by atoms with E-state index in [0.29, 0.717) is 0 Å². The molecule has 0 radical (unpaired) electrons. The van der Waals surface area contributed by atoms with Crippen molar-refractivity contribution < 1.29 is 4.39 Å². The average Bonchev–Trinajstić information content (AvgIpc) is 2.72. The molecule has 0 unspecified atom stereocenters. The van der Waals surface area contributed by atoms with Crippen molar-refractivity contribution in [2.75, 3.05) is 0 Å². The molecule has 28 heavy (non-hydrogen) atoms. The molecule has 132 valence electrons. The molecule has 0 amide bonds. The van der Waals surface area contributed by atoms with Gasteiger partial charge in [-0.25, -0.2) is 4.39 Å². The van der Waals surface area contributed by atoms with Gasteiger partial charge < -0.3 is 0 Å². The van der Waals surface area contributed by atoms with E-state index in [-0.39, 0.29) is 5.82 Å². The van der Waals surface area contributed by atoms with Crippen LogP contribution in [0.5, 0.6) is 0 Å². The summed E-state index contributed by atoms with van der Waals surface area (Å²) in [7, 11) is 0. The lowest BCUT2D eigenvalue weighted by Gasteiger charge is -1.98. The number of hydrogen-bond acceptors (Lipinski definition) is 0. The Hall–Kier alpha value is -3.81. The number of halogens is 1. The van der Waals surface area contributed by atoms with Gasteiger partial charge in [-0.1, -0.05) is 53.5 Å². The van der Waals surface area contributed by atoms with Gasteiger partial charge in [0.15, 0.2) is 0 Å². The standard InChI is InChI=1S/C27H17F/c1-20-2-4-21(5-3-20)6-7-22-8-10-23(11-9-22)12-13-24-14-15-26-19-27(28)17-16-25(26)18-24/h2-5,8-11,14-19H,1H3. The van der Waals surface area contributed by atoms with E-state index in [1.54, 1.807) is 6.07 Å². The summed E-state index contributed by atoms with van der Waals surface area (Å²) in [6, 6.07) is 26.6. The summed E-state index contributed by atoms with van der Waals surface area (Å²) >= 11 is 0. The third-order valence-corrected chi connectivity index (χ3v) is 4.44. The van der Waals surface area contributed by atoms with E-state index < -0.39 is 0 Å². The van der Waals surface area contributed by atoms with Gasteiger partial charge in [-0.3, -0.25) is 0 Å². The van der Waals surface area contributed by atoms with Crippen molar-refractivity contribution in [2.45, 2.75) is 6.92 Å². The number of aryl methyl sites for hydroxylation is 1. The fraction of sp³-hybridized carbons (Fsp3) is 0.0370. The smallest absolute Gasteiger partial charge is 0.123 e. The Labute approximate surface area is 164 Å². The molecular formula is C27H17F. The van der Waals surface area contributed by atoms with E-state index in [4.69, 9.17) is 0 Å². The van der Waals surface area contributed by atoms with Gasteiger partial charge in [-0.15, -0.1) is 0 Å². The normalized spacial score (nSPS) is 9.93. The fourth-order valence-electron chi connectivity index (χ4n) is 2.86. The van der Waals surface area contributed by atoms with E-state index in [2.05, 4.69) is 42.7 Å². The van der Waals surface area contributed by atoms with Gasteiger partial charge in [0, 0.05) is 22.3 Å². The lowest BCUT2D eigenvalue weighted by molar-refractivity contribution is 0.630. The van der Waals surface area contributed by atoms with E-state index in [1.807, 2.05) is 54.6 Å². The summed E-state index contributed by atoms with van der Waals surface area (Å²) < 4.78 is 13.3. The summed E-state index contributed by atoms with van der Waals surface area (Å²) in [5, 5.41) is 1.86. The first-order chi connectivity index (χ1) is 13.7. The quantitative estimate of drug-likeness (QED) is 0.333. The number of rotatable bonds is 0. The number of hydrogen-bond donors (Lipinski definition) is 0. The van der Waals surface area contributed by atoms with Gasteiger partial charge in [0.25, 0.3) is 0 Å². The van der Waals surface area contributed by atoms with Crippen LogP contribution in [0.25, 0.3) is 10.8 Å². The highest BCUT2D eigenvalue weighted by atomic mass is 19.1. The minimum atomic E-state index is -0.225. The summed E-state index contributed by atoms with van der Waals surface area (Å²) in [5.41, 5.74) is 5.03. The Kier molecular flexibility index (Phi) is 4.92. The molecule has 0 aliphatic rings. The van der Waals surface area contributed by atoms with Gasteiger partial charge >= 0.3 is 0 Å². The van der Waals surface area contributed by atoms with Crippen LogP contribution in [0.3, 0.4) is 0 Å². The zero-order valence-corrected chi connectivity index (χ0v) is 15.5. The van der Waals surface area contributed by atoms with E-state index in [9.17, 15) is 4.39 Å². The molecule has 0 saturated carbocycles. The zero-order valence-electron chi connectivity index (χ0n) is 15.5. The van der Waals surface area contributed by atoms with Crippen molar-refractivity contribution in [1.82, 2.24) is 0 Å². The second-order valence-electron chi connectivity index (χ2n) is 6.65. The van der Waals surface area contributed by atoms with Crippen LogP contribution in [0.1, 0.15) is 27.8 Å². The molecule has 0 saturated heterocycles. The minimum Gasteiger partial charge on any atom is -0.207 e. The van der Waals surface area contributed by atoms with Gasteiger partial charge in [0.05, 0.1) is 0 Å². The third-order valence-electron chi connectivity index (χ3n) is 4.44. The van der Waals surface area contributed by atoms with Crippen LogP contribution < -0.4 is 0 Å². The molecule has 4 aromatic rings. The molecule has 0 aliphatic carbocycles. The van der Waals surface area contributed by atoms with Crippen molar-refractivity contribution in [3.8, 4) is 23.7 Å². The number of benzene rings is 4. The van der Waals surface area contributed by atoms with E-state index >= 15 is 0 Å². The SMILES string of the molecule is Cc1ccc(C#Cc2ccc(C#Cc3ccc4cc(F)ccc4c3)cc2)cc1. The summed E-state index contributed by atoms with van der Waals surface area (Å²) in [6.07, 6.45) is 0. The first kappa shape index (κ1) is 17.6. The Morgan fingerprint density at radius 2 is 0.929 bits per heavy atom. The molecule has 0 heterocycles. The Morgan fingerprint density at radius 1 is 0.500 bits per heavy atom. The predicted molar refractivity (Wildman–Crippen MR) is 113 cm³/mol. The first-order valence-electron chi connectivity index (χ1n) is 9.06. The number of fused-ring (bicyclic) bond motifs is 1. The summed E-state index contributed by atoms with van der Waals surface area (Å²) in [4.78, 5) is 0. The highest BCUT2D eigenvalue weighted by Crippen LogP contribution is 2.17. The van der Waals surface area contributed by atoms with Crippen LogP contribution in [0.15, 0.2) is 84.9 Å². The van der Waals surface area contributed by atoms with Crippen molar-refractivity contribution in [3.63, 3.8) is 0 Å². The van der Waals surface area contributed by atoms with Crippen molar-refractivity contribution in [1.29, 1.82) is 0 Å². The maximum atomic E-state index is 13.3. The van der Waals surface area contributed by atoms with Crippen LogP contribution in [-0.4, -0.2) is 0 Å². The van der Waals surface area contributed by atoms with Gasteiger partial charge in [0.1, 0.15) is 5.82 Å². The lowest BCUT2D eigenvalue weighted by atomic mass is 10.1. The zero-order chi connectivity index (χ0) is 19.3. The highest BCUT2D eigenvalue weighted by Gasteiger charge is 1.97. The van der Waals surface area contributed by atoms with Crippen molar-refractivity contribution in [3.05, 3.63) is 119 Å². The largest absolute Gasteiger partial charge is 0.207 e. The van der Waals surface area contributed by atoms with Crippen LogP contribution in [0.2, 0.25) is 0 Å². The van der Waals surface area contributed by atoms with Crippen LogP contribution in [0, 0.1) is 36.4 Å². The van der Waals surface area contributed by atoms with Crippen LogP contribution in [0.4, 0.5) is 4.39 Å². The molecule has 0 bridgehead atoms. The molecule has 0 nitrogen and oxygen atoms in total. The molecule has 0 aliphatic heterocycles. The second-order valence-corrected chi connectivity index (χ2v) is 6.65.